The molecule has 0 spiro atoms. The molecule has 1 heterocycles. The molecule has 0 saturated heterocycles. The summed E-state index contributed by atoms with van der Waals surface area (Å²) >= 11 is 12.6. The van der Waals surface area contributed by atoms with E-state index in [1.807, 2.05) is 36.4 Å². The number of H-pyrrole nitrogens is 1. The van der Waals surface area contributed by atoms with Crippen molar-refractivity contribution in [3.05, 3.63) is 63.4 Å². The smallest absolute Gasteiger partial charge is 0.251 e. The summed E-state index contributed by atoms with van der Waals surface area (Å²) in [6.45, 7) is 6.83. The number of hydrogen-bond acceptors (Lipinski definition) is 2. The second kappa shape index (κ2) is 8.24. The van der Waals surface area contributed by atoms with Gasteiger partial charge in [0.25, 0.3) is 5.91 Å². The van der Waals surface area contributed by atoms with Gasteiger partial charge in [0.2, 0.25) is 0 Å². The van der Waals surface area contributed by atoms with Crippen LogP contribution in [0.25, 0.3) is 11.0 Å². The van der Waals surface area contributed by atoms with Crippen LogP contribution in [-0.2, 0) is 6.42 Å². The Hall–Kier alpha value is -2.04. The molecule has 1 saturated carbocycles. The summed E-state index contributed by atoms with van der Waals surface area (Å²) in [6.07, 6.45) is 3.75. The largest absolute Gasteiger partial charge is 0.349 e. The molecule has 158 valence electrons. The van der Waals surface area contributed by atoms with Gasteiger partial charge in [0, 0.05) is 28.1 Å². The Labute approximate surface area is 187 Å². The number of rotatable bonds is 4. The third kappa shape index (κ3) is 4.65. The lowest BCUT2D eigenvalue weighted by Gasteiger charge is -2.39. The normalized spacial score (nSPS) is 21.0. The summed E-state index contributed by atoms with van der Waals surface area (Å²) in [7, 11) is 0. The number of aromatic nitrogens is 2. The molecule has 6 heteroatoms. The van der Waals surface area contributed by atoms with Gasteiger partial charge in [-0.2, -0.15) is 0 Å². The quantitative estimate of drug-likeness (QED) is 0.489. The van der Waals surface area contributed by atoms with Crippen molar-refractivity contribution in [2.45, 2.75) is 52.5 Å². The minimum Gasteiger partial charge on any atom is -0.349 e. The van der Waals surface area contributed by atoms with E-state index in [0.717, 1.165) is 35.3 Å². The van der Waals surface area contributed by atoms with Crippen LogP contribution in [0.5, 0.6) is 0 Å². The average Bonchev–Trinajstić information content (AvgIpc) is 3.04. The minimum absolute atomic E-state index is 0.0305. The third-order valence-corrected chi connectivity index (χ3v) is 6.63. The number of halogens is 2. The van der Waals surface area contributed by atoms with Crippen LogP contribution in [-0.4, -0.2) is 21.9 Å². The summed E-state index contributed by atoms with van der Waals surface area (Å²) in [4.78, 5) is 20.8. The van der Waals surface area contributed by atoms with Crippen LogP contribution in [0.4, 0.5) is 0 Å². The summed E-state index contributed by atoms with van der Waals surface area (Å²) in [6, 6.07) is 11.3. The number of carbonyl (C=O) groups excluding carboxylic acids is 1. The van der Waals surface area contributed by atoms with Crippen molar-refractivity contribution in [3.8, 4) is 0 Å². The van der Waals surface area contributed by atoms with Crippen molar-refractivity contribution in [1.82, 2.24) is 15.3 Å². The van der Waals surface area contributed by atoms with Crippen molar-refractivity contribution >= 4 is 40.1 Å². The number of amides is 1. The highest BCUT2D eigenvalue weighted by molar-refractivity contribution is 6.36. The fourth-order valence-electron chi connectivity index (χ4n) is 4.88. The molecule has 0 bridgehead atoms. The number of aromatic amines is 1. The first-order valence-corrected chi connectivity index (χ1v) is 11.2. The van der Waals surface area contributed by atoms with Gasteiger partial charge >= 0.3 is 0 Å². The Morgan fingerprint density at radius 3 is 2.63 bits per heavy atom. The van der Waals surface area contributed by atoms with Crippen molar-refractivity contribution in [1.29, 1.82) is 0 Å². The molecule has 1 aromatic heterocycles. The van der Waals surface area contributed by atoms with Gasteiger partial charge in [0.05, 0.1) is 11.0 Å². The van der Waals surface area contributed by atoms with Gasteiger partial charge in [-0.1, -0.05) is 50.0 Å². The van der Waals surface area contributed by atoms with Crippen molar-refractivity contribution < 1.29 is 4.79 Å². The van der Waals surface area contributed by atoms with Crippen LogP contribution in [0.3, 0.4) is 0 Å². The van der Waals surface area contributed by atoms with E-state index in [2.05, 4.69) is 36.1 Å². The molecule has 1 fully saturated rings. The number of fused-ring (bicyclic) bond motifs is 1. The van der Waals surface area contributed by atoms with E-state index >= 15 is 0 Å². The van der Waals surface area contributed by atoms with Crippen LogP contribution < -0.4 is 5.32 Å². The average molecular weight is 444 g/mol. The van der Waals surface area contributed by atoms with Crippen LogP contribution in [0.15, 0.2) is 36.4 Å². The molecule has 2 aromatic carbocycles. The van der Waals surface area contributed by atoms with Gasteiger partial charge in [0.1, 0.15) is 5.82 Å². The van der Waals surface area contributed by atoms with E-state index in [9.17, 15) is 4.79 Å². The Morgan fingerprint density at radius 2 is 1.93 bits per heavy atom. The Kier molecular flexibility index (Phi) is 5.82. The molecule has 1 aliphatic rings. The van der Waals surface area contributed by atoms with Gasteiger partial charge in [0.15, 0.2) is 0 Å². The molecule has 2 atom stereocenters. The summed E-state index contributed by atoms with van der Waals surface area (Å²) in [5.74, 6) is 1.35. The van der Waals surface area contributed by atoms with Crippen LogP contribution in [0.2, 0.25) is 10.0 Å². The standard InChI is InChI=1S/C24H27Cl2N3O/c1-14-9-16(13-24(2,3)12-14)27-23(30)15-7-8-20-21(10-15)29-22(28-20)11-17-18(25)5-4-6-19(17)26/h4-8,10,14,16H,9,11-13H2,1-3H3,(H,27,30)(H,28,29). The Balaban J connectivity index is 1.51. The highest BCUT2D eigenvalue weighted by Gasteiger charge is 2.32. The van der Waals surface area contributed by atoms with Gasteiger partial charge in [-0.15, -0.1) is 0 Å². The highest BCUT2D eigenvalue weighted by Crippen LogP contribution is 2.38. The first-order chi connectivity index (χ1) is 14.2. The first-order valence-electron chi connectivity index (χ1n) is 10.4. The molecule has 30 heavy (non-hydrogen) atoms. The number of nitrogens with zero attached hydrogens (tertiary/aromatic N) is 1. The Bertz CT molecular complexity index is 1070. The molecule has 0 aliphatic heterocycles. The zero-order valence-corrected chi connectivity index (χ0v) is 19.1. The lowest BCUT2D eigenvalue weighted by molar-refractivity contribution is 0.0874. The van der Waals surface area contributed by atoms with Gasteiger partial charge in [-0.25, -0.2) is 4.98 Å². The van der Waals surface area contributed by atoms with Crippen molar-refractivity contribution in [2.75, 3.05) is 0 Å². The van der Waals surface area contributed by atoms with E-state index in [-0.39, 0.29) is 17.4 Å². The number of nitrogens with one attached hydrogen (secondary N) is 2. The molecule has 1 aliphatic carbocycles. The van der Waals surface area contributed by atoms with E-state index in [1.165, 1.54) is 6.42 Å². The molecule has 2 unspecified atom stereocenters. The summed E-state index contributed by atoms with van der Waals surface area (Å²) < 4.78 is 0. The molecular formula is C24H27Cl2N3O. The highest BCUT2D eigenvalue weighted by atomic mass is 35.5. The van der Waals surface area contributed by atoms with E-state index in [4.69, 9.17) is 23.2 Å². The predicted octanol–water partition coefficient (Wildman–Crippen LogP) is 6.41. The maximum atomic E-state index is 12.9. The predicted molar refractivity (Wildman–Crippen MR) is 123 cm³/mol. The maximum absolute atomic E-state index is 12.9. The minimum atomic E-state index is -0.0305. The van der Waals surface area contributed by atoms with E-state index < -0.39 is 0 Å². The van der Waals surface area contributed by atoms with Gasteiger partial charge in [-0.05, 0) is 66.5 Å². The van der Waals surface area contributed by atoms with Gasteiger partial charge < -0.3 is 10.3 Å². The topological polar surface area (TPSA) is 57.8 Å². The number of carbonyl (C=O) groups is 1. The van der Waals surface area contributed by atoms with Crippen molar-refractivity contribution in [3.63, 3.8) is 0 Å². The zero-order valence-electron chi connectivity index (χ0n) is 17.6. The number of hydrogen-bond donors (Lipinski definition) is 2. The summed E-state index contributed by atoms with van der Waals surface area (Å²) in [5, 5.41) is 4.48. The maximum Gasteiger partial charge on any atom is 0.251 e. The van der Waals surface area contributed by atoms with Crippen molar-refractivity contribution in [2.24, 2.45) is 11.3 Å². The lowest BCUT2D eigenvalue weighted by Crippen LogP contribution is -2.42. The SMILES string of the molecule is CC1CC(NC(=O)c2ccc3nc(Cc4c(Cl)cccc4Cl)[nH]c3c2)CC(C)(C)C1. The van der Waals surface area contributed by atoms with Crippen LogP contribution >= 0.6 is 23.2 Å². The third-order valence-electron chi connectivity index (χ3n) is 5.92. The van der Waals surface area contributed by atoms with E-state index in [0.29, 0.717) is 27.9 Å². The monoisotopic (exact) mass is 443 g/mol. The fourth-order valence-corrected chi connectivity index (χ4v) is 5.41. The summed E-state index contributed by atoms with van der Waals surface area (Å²) in [5.41, 5.74) is 3.39. The van der Waals surface area contributed by atoms with Crippen LogP contribution in [0, 0.1) is 11.3 Å². The molecule has 0 radical (unpaired) electrons. The first kappa shape index (κ1) is 21.2. The molecule has 4 nitrogen and oxygen atoms in total. The Morgan fingerprint density at radius 1 is 1.20 bits per heavy atom. The lowest BCUT2D eigenvalue weighted by atomic mass is 9.70. The second-order valence-electron chi connectivity index (χ2n) is 9.38. The molecule has 2 N–H and O–H groups in total. The number of imidazole rings is 1. The molecule has 4 rings (SSSR count). The zero-order chi connectivity index (χ0) is 21.5. The number of benzene rings is 2. The molecule has 1 amide bonds. The molecular weight excluding hydrogens is 417 g/mol. The molecule has 3 aromatic rings. The fraction of sp³-hybridized carbons (Fsp3) is 0.417. The van der Waals surface area contributed by atoms with Gasteiger partial charge in [-0.3, -0.25) is 4.79 Å². The van der Waals surface area contributed by atoms with E-state index in [1.54, 1.807) is 0 Å². The van der Waals surface area contributed by atoms with Crippen LogP contribution in [0.1, 0.15) is 61.8 Å². The second-order valence-corrected chi connectivity index (χ2v) is 10.2.